The molecule has 2 heterocycles. The van der Waals surface area contributed by atoms with Crippen molar-refractivity contribution in [2.75, 3.05) is 33.1 Å². The van der Waals surface area contributed by atoms with Crippen molar-refractivity contribution in [1.29, 1.82) is 0 Å². The van der Waals surface area contributed by atoms with Crippen LogP contribution < -0.4 is 9.47 Å². The molecule has 2 aliphatic rings. The SMILES string of the molecule is CC1CN(C(=O)COC(=O)/C=C/c2ccc3c(c2)OCO3)CCO1. The number of fused-ring (bicyclic) bond motifs is 1. The molecule has 0 aliphatic carbocycles. The highest BCUT2D eigenvalue weighted by Crippen LogP contribution is 2.32. The molecule has 7 nitrogen and oxygen atoms in total. The highest BCUT2D eigenvalue weighted by Gasteiger charge is 2.21. The van der Waals surface area contributed by atoms with Crippen LogP contribution in [0, 0.1) is 0 Å². The van der Waals surface area contributed by atoms with Gasteiger partial charge >= 0.3 is 5.97 Å². The van der Waals surface area contributed by atoms with E-state index in [1.54, 1.807) is 29.2 Å². The number of morpholine rings is 1. The lowest BCUT2D eigenvalue weighted by molar-refractivity contribution is -0.151. The van der Waals surface area contributed by atoms with Crippen molar-refractivity contribution in [2.45, 2.75) is 13.0 Å². The Labute approximate surface area is 139 Å². The maximum absolute atomic E-state index is 12.0. The lowest BCUT2D eigenvalue weighted by Crippen LogP contribution is -2.46. The van der Waals surface area contributed by atoms with E-state index in [2.05, 4.69) is 0 Å². The van der Waals surface area contributed by atoms with Gasteiger partial charge in [0, 0.05) is 19.2 Å². The van der Waals surface area contributed by atoms with Crippen LogP contribution in [0.5, 0.6) is 11.5 Å². The first-order valence-corrected chi connectivity index (χ1v) is 7.75. The third-order valence-corrected chi connectivity index (χ3v) is 3.74. The van der Waals surface area contributed by atoms with E-state index in [4.69, 9.17) is 18.9 Å². The Morgan fingerprint density at radius 3 is 3.00 bits per heavy atom. The number of hydrogen-bond acceptors (Lipinski definition) is 6. The smallest absolute Gasteiger partial charge is 0.331 e. The number of hydrogen-bond donors (Lipinski definition) is 0. The van der Waals surface area contributed by atoms with Crippen molar-refractivity contribution in [1.82, 2.24) is 4.90 Å². The first-order chi connectivity index (χ1) is 11.6. The monoisotopic (exact) mass is 333 g/mol. The predicted octanol–water partition coefficient (Wildman–Crippen LogP) is 1.22. The number of amides is 1. The second kappa shape index (κ2) is 7.35. The Bertz CT molecular complexity index is 656. The molecule has 1 atom stereocenters. The fraction of sp³-hybridized carbons (Fsp3) is 0.412. The Balaban J connectivity index is 1.47. The van der Waals surface area contributed by atoms with E-state index in [-0.39, 0.29) is 25.4 Å². The van der Waals surface area contributed by atoms with Gasteiger partial charge in [-0.1, -0.05) is 6.07 Å². The third kappa shape index (κ3) is 4.05. The Kier molecular flexibility index (Phi) is 5.00. The molecule has 1 unspecified atom stereocenters. The normalized spacial score (nSPS) is 19.5. The van der Waals surface area contributed by atoms with Crippen molar-refractivity contribution in [2.24, 2.45) is 0 Å². The molecule has 7 heteroatoms. The number of benzene rings is 1. The Morgan fingerprint density at radius 2 is 2.17 bits per heavy atom. The minimum Gasteiger partial charge on any atom is -0.454 e. The summed E-state index contributed by atoms with van der Waals surface area (Å²) in [6.45, 7) is 3.38. The molecule has 0 N–H and O–H groups in total. The Morgan fingerprint density at radius 1 is 1.33 bits per heavy atom. The minimum absolute atomic E-state index is 0.00399. The molecule has 0 spiro atoms. The summed E-state index contributed by atoms with van der Waals surface area (Å²) in [6.07, 6.45) is 2.89. The molecule has 24 heavy (non-hydrogen) atoms. The molecular formula is C17H19NO6. The average molecular weight is 333 g/mol. The first kappa shape index (κ1) is 16.3. The van der Waals surface area contributed by atoms with Crippen molar-refractivity contribution < 1.29 is 28.5 Å². The molecule has 1 fully saturated rings. The number of carbonyl (C=O) groups is 2. The summed E-state index contributed by atoms with van der Waals surface area (Å²) >= 11 is 0. The maximum atomic E-state index is 12.0. The molecule has 0 radical (unpaired) electrons. The zero-order valence-corrected chi connectivity index (χ0v) is 13.4. The number of rotatable bonds is 4. The van der Waals surface area contributed by atoms with Crippen LogP contribution in [0.25, 0.3) is 6.08 Å². The maximum Gasteiger partial charge on any atom is 0.331 e. The second-order valence-corrected chi connectivity index (χ2v) is 5.57. The van der Waals surface area contributed by atoms with E-state index in [0.717, 1.165) is 5.56 Å². The van der Waals surface area contributed by atoms with Gasteiger partial charge in [0.05, 0.1) is 12.7 Å². The Hall–Kier alpha value is -2.54. The molecule has 1 aromatic carbocycles. The van der Waals surface area contributed by atoms with Crippen molar-refractivity contribution in [3.05, 3.63) is 29.8 Å². The zero-order valence-electron chi connectivity index (χ0n) is 13.4. The van der Waals surface area contributed by atoms with Gasteiger partial charge in [-0.3, -0.25) is 4.79 Å². The first-order valence-electron chi connectivity index (χ1n) is 7.75. The van der Waals surface area contributed by atoms with Gasteiger partial charge in [-0.05, 0) is 30.7 Å². The quantitative estimate of drug-likeness (QED) is 0.609. The summed E-state index contributed by atoms with van der Waals surface area (Å²) in [7, 11) is 0. The predicted molar refractivity (Wildman–Crippen MR) is 84.6 cm³/mol. The van der Waals surface area contributed by atoms with Crippen LogP contribution in [0.2, 0.25) is 0 Å². The molecule has 128 valence electrons. The van der Waals surface area contributed by atoms with Crippen LogP contribution in [0.1, 0.15) is 12.5 Å². The van der Waals surface area contributed by atoms with E-state index >= 15 is 0 Å². The number of esters is 1. The van der Waals surface area contributed by atoms with Crippen LogP contribution in [-0.4, -0.2) is 56.0 Å². The zero-order chi connectivity index (χ0) is 16.9. The standard InChI is InChI=1S/C17H19NO6/c1-12-9-18(6-7-21-12)16(19)10-22-17(20)5-3-13-2-4-14-15(8-13)24-11-23-14/h2-5,8,12H,6-7,9-11H2,1H3/b5-3+. The van der Waals surface area contributed by atoms with Crippen molar-refractivity contribution >= 4 is 18.0 Å². The topological polar surface area (TPSA) is 74.3 Å². The summed E-state index contributed by atoms with van der Waals surface area (Å²) in [5.41, 5.74) is 0.782. The van der Waals surface area contributed by atoms with Crippen LogP contribution in [0.4, 0.5) is 0 Å². The third-order valence-electron chi connectivity index (χ3n) is 3.74. The summed E-state index contributed by atoms with van der Waals surface area (Å²) in [6, 6.07) is 5.35. The second-order valence-electron chi connectivity index (χ2n) is 5.57. The molecule has 1 saturated heterocycles. The minimum atomic E-state index is -0.567. The van der Waals surface area contributed by atoms with E-state index in [1.807, 2.05) is 6.92 Å². The van der Waals surface area contributed by atoms with Crippen LogP contribution in [-0.2, 0) is 19.1 Å². The van der Waals surface area contributed by atoms with E-state index < -0.39 is 5.97 Å². The van der Waals surface area contributed by atoms with Gasteiger partial charge in [0.25, 0.3) is 5.91 Å². The lowest BCUT2D eigenvalue weighted by Gasteiger charge is -2.30. The van der Waals surface area contributed by atoms with Gasteiger partial charge in [0.1, 0.15) is 0 Å². The van der Waals surface area contributed by atoms with Gasteiger partial charge in [-0.2, -0.15) is 0 Å². The summed E-state index contributed by atoms with van der Waals surface area (Å²) in [5, 5.41) is 0. The molecule has 1 amide bonds. The number of ether oxygens (including phenoxy) is 4. The van der Waals surface area contributed by atoms with Crippen molar-refractivity contribution in [3.8, 4) is 11.5 Å². The van der Waals surface area contributed by atoms with Gasteiger partial charge < -0.3 is 23.8 Å². The van der Waals surface area contributed by atoms with Crippen LogP contribution in [0.3, 0.4) is 0 Å². The molecule has 3 rings (SSSR count). The highest BCUT2D eigenvalue weighted by atomic mass is 16.7. The molecule has 1 aromatic rings. The van der Waals surface area contributed by atoms with E-state index in [0.29, 0.717) is 31.2 Å². The van der Waals surface area contributed by atoms with E-state index in [9.17, 15) is 9.59 Å². The van der Waals surface area contributed by atoms with Gasteiger partial charge in [0.2, 0.25) is 6.79 Å². The number of nitrogens with zero attached hydrogens (tertiary/aromatic N) is 1. The molecule has 2 aliphatic heterocycles. The van der Waals surface area contributed by atoms with Gasteiger partial charge in [-0.25, -0.2) is 4.79 Å². The molecule has 0 bridgehead atoms. The van der Waals surface area contributed by atoms with Gasteiger partial charge in [0.15, 0.2) is 18.1 Å². The fourth-order valence-corrected chi connectivity index (χ4v) is 2.50. The highest BCUT2D eigenvalue weighted by molar-refractivity contribution is 5.89. The summed E-state index contributed by atoms with van der Waals surface area (Å²) < 4.78 is 20.9. The largest absolute Gasteiger partial charge is 0.454 e. The summed E-state index contributed by atoms with van der Waals surface area (Å²) in [5.74, 6) is 0.541. The van der Waals surface area contributed by atoms with Crippen LogP contribution >= 0.6 is 0 Å². The van der Waals surface area contributed by atoms with Gasteiger partial charge in [-0.15, -0.1) is 0 Å². The average Bonchev–Trinajstić information content (AvgIpc) is 3.05. The molecule has 0 aromatic heterocycles. The number of carbonyl (C=O) groups excluding carboxylic acids is 2. The van der Waals surface area contributed by atoms with Crippen LogP contribution in [0.15, 0.2) is 24.3 Å². The van der Waals surface area contributed by atoms with Crippen molar-refractivity contribution in [3.63, 3.8) is 0 Å². The summed E-state index contributed by atoms with van der Waals surface area (Å²) in [4.78, 5) is 25.4. The molecular weight excluding hydrogens is 314 g/mol. The fourth-order valence-electron chi connectivity index (χ4n) is 2.50. The van der Waals surface area contributed by atoms with E-state index in [1.165, 1.54) is 6.08 Å². The molecule has 0 saturated carbocycles. The lowest BCUT2D eigenvalue weighted by atomic mass is 10.2.